The number of hydrazine groups is 1. The van der Waals surface area contributed by atoms with Crippen LogP contribution in [0, 0.1) is 0 Å². The van der Waals surface area contributed by atoms with Crippen LogP contribution in [0.4, 0.5) is 11.4 Å². The van der Waals surface area contributed by atoms with Crippen LogP contribution >= 0.6 is 0 Å². The fourth-order valence-electron chi connectivity index (χ4n) is 4.21. The zero-order valence-electron chi connectivity index (χ0n) is 19.8. The van der Waals surface area contributed by atoms with Crippen molar-refractivity contribution >= 4 is 36.7 Å². The summed E-state index contributed by atoms with van der Waals surface area (Å²) in [5.41, 5.74) is 12.2. The van der Waals surface area contributed by atoms with E-state index in [1.54, 1.807) is 18.6 Å². The van der Waals surface area contributed by atoms with Gasteiger partial charge in [0, 0.05) is 69.2 Å². The first-order valence-electron chi connectivity index (χ1n) is 12.0. The zero-order chi connectivity index (χ0) is 23.6. The molecule has 3 N–H and O–H groups in total. The van der Waals surface area contributed by atoms with E-state index in [2.05, 4.69) is 66.2 Å². The van der Waals surface area contributed by atoms with Crippen LogP contribution in [0.25, 0.3) is 0 Å². The predicted molar refractivity (Wildman–Crippen MR) is 143 cm³/mol. The number of nitrogens with one attached hydrogen (secondary N) is 1. The van der Waals surface area contributed by atoms with E-state index in [4.69, 9.17) is 5.73 Å². The summed E-state index contributed by atoms with van der Waals surface area (Å²) in [5.74, 6) is 0.280. The van der Waals surface area contributed by atoms with Crippen molar-refractivity contribution in [3.05, 3.63) is 48.2 Å². The fraction of sp³-hybridized carbons (Fsp3) is 0.440. The summed E-state index contributed by atoms with van der Waals surface area (Å²) in [6.45, 7) is 9.30. The molecular weight excluding hydrogens is 426 g/mol. The summed E-state index contributed by atoms with van der Waals surface area (Å²) in [6.07, 6.45) is 13.4. The van der Waals surface area contributed by atoms with Crippen LogP contribution in [0.2, 0.25) is 0 Å². The average molecular weight is 462 g/mol. The third-order valence-corrected chi connectivity index (χ3v) is 6.39. The zero-order valence-corrected chi connectivity index (χ0v) is 19.8. The molecular formula is C25H35N9. The first-order chi connectivity index (χ1) is 16.7. The summed E-state index contributed by atoms with van der Waals surface area (Å²) in [4.78, 5) is 21.8. The van der Waals surface area contributed by atoms with Gasteiger partial charge in [0.25, 0.3) is 0 Å². The molecule has 1 saturated carbocycles. The predicted octanol–water partition coefficient (Wildman–Crippen LogP) is 2.91. The van der Waals surface area contributed by atoms with E-state index in [1.807, 2.05) is 11.2 Å². The Bertz CT molecular complexity index is 949. The lowest BCUT2D eigenvalue weighted by Crippen LogP contribution is -2.52. The number of piperazine rings is 1. The normalized spacial score (nSPS) is 23.9. The van der Waals surface area contributed by atoms with Gasteiger partial charge in [0.2, 0.25) is 0 Å². The van der Waals surface area contributed by atoms with Gasteiger partial charge in [0.15, 0.2) is 0 Å². The molecule has 34 heavy (non-hydrogen) atoms. The lowest BCUT2D eigenvalue weighted by molar-refractivity contribution is 0.120. The summed E-state index contributed by atoms with van der Waals surface area (Å²) in [7, 11) is 0. The number of rotatable bonds is 8. The first kappa shape index (κ1) is 23.7. The molecule has 180 valence electrons. The number of benzene rings is 1. The molecule has 0 aromatic heterocycles. The first-order valence-corrected chi connectivity index (χ1v) is 12.0. The minimum Gasteiger partial charge on any atom is -0.382 e. The number of nitrogens with zero attached hydrogens (tertiary/aromatic N) is 7. The molecule has 0 spiro atoms. The van der Waals surface area contributed by atoms with Gasteiger partial charge in [-0.2, -0.15) is 0 Å². The average Bonchev–Trinajstić information content (AvgIpc) is 2.94. The van der Waals surface area contributed by atoms with Gasteiger partial charge in [-0.25, -0.2) is 4.99 Å². The molecule has 1 saturated heterocycles. The Labute approximate surface area is 202 Å². The maximum atomic E-state index is 5.58. The third kappa shape index (κ3) is 6.77. The van der Waals surface area contributed by atoms with E-state index in [9.17, 15) is 0 Å². The quantitative estimate of drug-likeness (QED) is 0.580. The molecule has 0 amide bonds. The van der Waals surface area contributed by atoms with Gasteiger partial charge in [-0.15, -0.1) is 0 Å². The van der Waals surface area contributed by atoms with Gasteiger partial charge in [-0.1, -0.05) is 6.42 Å². The van der Waals surface area contributed by atoms with Crippen molar-refractivity contribution in [1.29, 1.82) is 0 Å². The Morgan fingerprint density at radius 1 is 1.12 bits per heavy atom. The Hall–Kier alpha value is -3.46. The van der Waals surface area contributed by atoms with Gasteiger partial charge >= 0.3 is 0 Å². The van der Waals surface area contributed by atoms with Crippen LogP contribution in [0.3, 0.4) is 0 Å². The van der Waals surface area contributed by atoms with Crippen molar-refractivity contribution in [1.82, 2.24) is 9.91 Å². The third-order valence-electron chi connectivity index (χ3n) is 6.39. The Morgan fingerprint density at radius 3 is 2.62 bits per heavy atom. The molecule has 9 heteroatoms. The van der Waals surface area contributed by atoms with E-state index in [0.717, 1.165) is 37.1 Å². The second-order valence-corrected chi connectivity index (χ2v) is 8.66. The number of hydrogen-bond acceptors (Lipinski definition) is 9. The van der Waals surface area contributed by atoms with Gasteiger partial charge in [-0.3, -0.25) is 30.3 Å². The molecule has 4 rings (SSSR count). The van der Waals surface area contributed by atoms with Gasteiger partial charge in [-0.05, 0) is 43.8 Å². The van der Waals surface area contributed by atoms with Crippen molar-refractivity contribution in [2.45, 2.75) is 31.7 Å². The molecule has 0 radical (unpaired) electrons. The van der Waals surface area contributed by atoms with Gasteiger partial charge < -0.3 is 10.6 Å². The number of anilines is 2. The van der Waals surface area contributed by atoms with Crippen molar-refractivity contribution in [3.8, 4) is 0 Å². The molecule has 2 fully saturated rings. The van der Waals surface area contributed by atoms with E-state index >= 15 is 0 Å². The molecule has 2 heterocycles. The summed E-state index contributed by atoms with van der Waals surface area (Å²) < 4.78 is 0. The molecule has 0 unspecified atom stereocenters. The highest BCUT2D eigenvalue weighted by Gasteiger charge is 2.27. The maximum Gasteiger partial charge on any atom is 0.141 e. The second kappa shape index (κ2) is 12.1. The van der Waals surface area contributed by atoms with Crippen molar-refractivity contribution in [3.63, 3.8) is 0 Å². The molecule has 1 aromatic carbocycles. The van der Waals surface area contributed by atoms with Crippen molar-refractivity contribution in [2.75, 3.05) is 49.6 Å². The van der Waals surface area contributed by atoms with Crippen LogP contribution in [0.5, 0.6) is 0 Å². The Morgan fingerprint density at radius 2 is 1.91 bits per heavy atom. The smallest absolute Gasteiger partial charge is 0.141 e. The summed E-state index contributed by atoms with van der Waals surface area (Å²) >= 11 is 0. The summed E-state index contributed by atoms with van der Waals surface area (Å²) in [6, 6.07) is 9.52. The van der Waals surface area contributed by atoms with Crippen LogP contribution in [0.1, 0.15) is 25.7 Å². The lowest BCUT2D eigenvalue weighted by Gasteiger charge is -2.43. The van der Waals surface area contributed by atoms with Crippen LogP contribution < -0.4 is 16.1 Å². The van der Waals surface area contributed by atoms with Crippen LogP contribution in [-0.2, 0) is 0 Å². The van der Waals surface area contributed by atoms with Crippen molar-refractivity contribution < 1.29 is 0 Å². The highest BCUT2D eigenvalue weighted by molar-refractivity contribution is 6.16. The number of hydrogen-bond donors (Lipinski definition) is 2. The number of nitrogens with two attached hydrogens (primary N) is 1. The SMILES string of the molecule is C=N/C(N)=C\N=C/CC1=C/N(Nc2ccc(N3CCN(C4CCC4)CC3)cc2)CC/N=C/C=N\1. The molecule has 3 aliphatic rings. The second-order valence-electron chi connectivity index (χ2n) is 8.66. The molecule has 1 aromatic rings. The van der Waals surface area contributed by atoms with Gasteiger partial charge in [0.05, 0.1) is 30.7 Å². The van der Waals surface area contributed by atoms with E-state index in [-0.39, 0.29) is 5.82 Å². The summed E-state index contributed by atoms with van der Waals surface area (Å²) in [5, 5.41) is 2.02. The van der Waals surface area contributed by atoms with E-state index in [0.29, 0.717) is 13.0 Å². The molecule has 1 aliphatic carbocycles. The molecule has 0 atom stereocenters. The van der Waals surface area contributed by atoms with E-state index in [1.165, 1.54) is 44.2 Å². The highest BCUT2D eigenvalue weighted by atomic mass is 15.5. The minimum absolute atomic E-state index is 0.280. The maximum absolute atomic E-state index is 5.58. The van der Waals surface area contributed by atoms with Gasteiger partial charge in [0.1, 0.15) is 5.82 Å². The monoisotopic (exact) mass is 461 g/mol. The topological polar surface area (TPSA) is 97.2 Å². The fourth-order valence-corrected chi connectivity index (χ4v) is 4.21. The van der Waals surface area contributed by atoms with Crippen LogP contribution in [0.15, 0.2) is 68.2 Å². The Kier molecular flexibility index (Phi) is 8.45. The standard InChI is InChI=1S/C25H35N9/c1-27-25(26)19-29-10-9-22-20-34(14-13-28-11-12-30-22)31-21-5-7-24(8-6-21)33-17-15-32(16-18-33)23-3-2-4-23/h5-8,10-12,19-20,23,31H,1-4,9,13-18,26H2/b22-20-,25-19-,28-11+,29-10-,30-12-. The van der Waals surface area contributed by atoms with Crippen LogP contribution in [-0.4, -0.2) is 80.6 Å². The van der Waals surface area contributed by atoms with E-state index < -0.39 is 0 Å². The molecule has 9 nitrogen and oxygen atoms in total. The highest BCUT2D eigenvalue weighted by Crippen LogP contribution is 2.27. The van der Waals surface area contributed by atoms with Crippen molar-refractivity contribution in [2.24, 2.45) is 25.7 Å². The number of allylic oxidation sites excluding steroid dienone is 1. The Balaban J connectivity index is 1.35. The largest absolute Gasteiger partial charge is 0.382 e. The molecule has 0 bridgehead atoms. The lowest BCUT2D eigenvalue weighted by atomic mass is 9.91. The molecule has 2 aliphatic heterocycles. The minimum atomic E-state index is 0.280. The number of aliphatic imine (C=N–C) groups is 4.